The molecule has 6 nitrogen and oxygen atoms in total. The molecule has 0 unspecified atom stereocenters. The second kappa shape index (κ2) is 6.67. The van der Waals surface area contributed by atoms with Gasteiger partial charge < -0.3 is 5.32 Å². The Morgan fingerprint density at radius 1 is 1.14 bits per heavy atom. The smallest absolute Gasteiger partial charge is 0.251 e. The Bertz CT molecular complexity index is 743. The zero-order valence-corrected chi connectivity index (χ0v) is 13.2. The first-order valence-corrected chi connectivity index (χ1v) is 8.06. The van der Waals surface area contributed by atoms with Crippen molar-refractivity contribution in [2.75, 3.05) is 14.1 Å². The molecule has 0 aliphatic heterocycles. The Kier molecular flexibility index (Phi) is 4.89. The largest absolute Gasteiger partial charge is 0.355 e. The first-order chi connectivity index (χ1) is 10.4. The van der Waals surface area contributed by atoms with E-state index in [1.165, 1.54) is 42.7 Å². The lowest BCUT2D eigenvalue weighted by atomic mass is 10.2. The van der Waals surface area contributed by atoms with Gasteiger partial charge >= 0.3 is 0 Å². The minimum absolute atomic E-state index is 0.150. The lowest BCUT2D eigenvalue weighted by molar-refractivity contribution is 0.0963. The zero-order chi connectivity index (χ0) is 16.2. The van der Waals surface area contributed by atoms with Crippen LogP contribution in [0.1, 0.15) is 15.9 Å². The third-order valence-electron chi connectivity index (χ3n) is 3.21. The monoisotopic (exact) mass is 319 g/mol. The predicted molar refractivity (Wildman–Crippen MR) is 82.7 cm³/mol. The Hall–Kier alpha value is -2.25. The second-order valence-corrected chi connectivity index (χ2v) is 6.76. The molecule has 7 heteroatoms. The van der Waals surface area contributed by atoms with Crippen LogP contribution in [0.25, 0.3) is 0 Å². The summed E-state index contributed by atoms with van der Waals surface area (Å²) < 4.78 is 26.3. The molecule has 0 aliphatic rings. The summed E-state index contributed by atoms with van der Waals surface area (Å²) in [4.78, 5) is 15.5. The van der Waals surface area contributed by atoms with E-state index in [0.29, 0.717) is 5.56 Å². The number of sulfonamides is 1. The number of benzene rings is 1. The summed E-state index contributed by atoms with van der Waals surface area (Å²) >= 11 is 0. The minimum atomic E-state index is -3.61. The maximum absolute atomic E-state index is 12.5. The maximum Gasteiger partial charge on any atom is 0.251 e. The van der Waals surface area contributed by atoms with E-state index < -0.39 is 10.0 Å². The Labute approximate surface area is 129 Å². The van der Waals surface area contributed by atoms with Crippen molar-refractivity contribution < 1.29 is 13.2 Å². The van der Waals surface area contributed by atoms with Crippen molar-refractivity contribution in [1.29, 1.82) is 0 Å². The molecule has 2 aromatic rings. The highest BCUT2D eigenvalue weighted by molar-refractivity contribution is 7.89. The number of pyridine rings is 1. The van der Waals surface area contributed by atoms with Crippen LogP contribution in [0.4, 0.5) is 0 Å². The number of hydrogen-bond donors (Lipinski definition) is 1. The van der Waals surface area contributed by atoms with E-state index in [4.69, 9.17) is 0 Å². The molecular weight excluding hydrogens is 302 g/mol. The number of rotatable bonds is 5. The van der Waals surface area contributed by atoms with Gasteiger partial charge in [0.15, 0.2) is 0 Å². The van der Waals surface area contributed by atoms with E-state index >= 15 is 0 Å². The van der Waals surface area contributed by atoms with E-state index in [1.807, 2.05) is 0 Å². The molecule has 0 saturated carbocycles. The molecule has 0 aliphatic carbocycles. The van der Waals surface area contributed by atoms with Gasteiger partial charge in [-0.2, -0.15) is 4.31 Å². The van der Waals surface area contributed by atoms with E-state index in [-0.39, 0.29) is 17.3 Å². The van der Waals surface area contributed by atoms with Crippen molar-refractivity contribution >= 4 is 15.9 Å². The molecule has 0 radical (unpaired) electrons. The lowest BCUT2D eigenvalue weighted by Crippen LogP contribution is -2.26. The molecule has 0 bridgehead atoms. The van der Waals surface area contributed by atoms with Crippen molar-refractivity contribution in [1.82, 2.24) is 14.6 Å². The van der Waals surface area contributed by atoms with Crippen molar-refractivity contribution in [3.63, 3.8) is 0 Å². The van der Waals surface area contributed by atoms with Gasteiger partial charge in [0, 0.05) is 38.6 Å². The van der Waals surface area contributed by atoms with Crippen LogP contribution < -0.4 is 5.32 Å². The van der Waals surface area contributed by atoms with Crippen molar-refractivity contribution in [2.45, 2.75) is 11.4 Å². The third-order valence-corrected chi connectivity index (χ3v) is 5.02. The SMILES string of the molecule is CNC(=O)c1ccc(S(=O)(=O)N(C)Cc2ccncc2)cc1. The second-order valence-electron chi connectivity index (χ2n) is 4.72. The molecule has 1 aromatic heterocycles. The number of amides is 1. The van der Waals surface area contributed by atoms with Gasteiger partial charge in [-0.15, -0.1) is 0 Å². The highest BCUT2D eigenvalue weighted by Crippen LogP contribution is 2.17. The van der Waals surface area contributed by atoms with Crippen LogP contribution in [0.5, 0.6) is 0 Å². The van der Waals surface area contributed by atoms with Crippen LogP contribution >= 0.6 is 0 Å². The molecule has 0 spiro atoms. The quantitative estimate of drug-likeness (QED) is 0.900. The van der Waals surface area contributed by atoms with Crippen molar-refractivity contribution in [2.24, 2.45) is 0 Å². The van der Waals surface area contributed by atoms with Gasteiger partial charge in [-0.25, -0.2) is 8.42 Å². The molecule has 0 saturated heterocycles. The highest BCUT2D eigenvalue weighted by Gasteiger charge is 2.21. The molecule has 1 amide bonds. The van der Waals surface area contributed by atoms with Crippen LogP contribution in [0.2, 0.25) is 0 Å². The lowest BCUT2D eigenvalue weighted by Gasteiger charge is -2.17. The standard InChI is InChI=1S/C15H17N3O3S/c1-16-15(19)13-3-5-14(6-4-13)22(20,21)18(2)11-12-7-9-17-10-8-12/h3-10H,11H2,1-2H3,(H,16,19). The summed E-state index contributed by atoms with van der Waals surface area (Å²) in [6.07, 6.45) is 3.24. The van der Waals surface area contributed by atoms with Crippen molar-refractivity contribution in [3.05, 3.63) is 59.9 Å². The Balaban J connectivity index is 2.20. The van der Waals surface area contributed by atoms with Crippen LogP contribution in [0, 0.1) is 0 Å². The average Bonchev–Trinajstić information content (AvgIpc) is 2.55. The predicted octanol–water partition coefficient (Wildman–Crippen LogP) is 1.26. The highest BCUT2D eigenvalue weighted by atomic mass is 32.2. The average molecular weight is 319 g/mol. The van der Waals surface area contributed by atoms with Crippen LogP contribution in [0.15, 0.2) is 53.7 Å². The number of carbonyl (C=O) groups is 1. The van der Waals surface area contributed by atoms with Crippen LogP contribution in [0.3, 0.4) is 0 Å². The van der Waals surface area contributed by atoms with Gasteiger partial charge in [0.25, 0.3) is 5.91 Å². The number of nitrogens with one attached hydrogen (secondary N) is 1. The fraction of sp³-hybridized carbons (Fsp3) is 0.200. The molecule has 1 N–H and O–H groups in total. The maximum atomic E-state index is 12.5. The van der Waals surface area contributed by atoms with Gasteiger partial charge in [0.2, 0.25) is 10.0 Å². The summed E-state index contributed by atoms with van der Waals surface area (Å²) in [6.45, 7) is 0.252. The number of carbonyl (C=O) groups excluding carboxylic acids is 1. The van der Waals surface area contributed by atoms with Gasteiger partial charge in [-0.05, 0) is 42.0 Å². The topological polar surface area (TPSA) is 79.4 Å². The summed E-state index contributed by atoms with van der Waals surface area (Å²) in [5.74, 6) is -0.255. The molecule has 0 atom stereocenters. The molecule has 1 heterocycles. The Morgan fingerprint density at radius 2 is 1.73 bits per heavy atom. The zero-order valence-electron chi connectivity index (χ0n) is 12.4. The summed E-state index contributed by atoms with van der Waals surface area (Å²) in [5, 5.41) is 2.49. The first-order valence-electron chi connectivity index (χ1n) is 6.62. The Morgan fingerprint density at radius 3 is 2.27 bits per heavy atom. The van der Waals surface area contributed by atoms with Crippen LogP contribution in [-0.4, -0.2) is 37.7 Å². The molecule has 0 fully saturated rings. The van der Waals surface area contributed by atoms with Gasteiger partial charge in [0.1, 0.15) is 0 Å². The fourth-order valence-electron chi connectivity index (χ4n) is 1.93. The summed E-state index contributed by atoms with van der Waals surface area (Å²) in [7, 11) is -0.566. The van der Waals surface area contributed by atoms with Crippen molar-refractivity contribution in [3.8, 4) is 0 Å². The molecule has 116 valence electrons. The van der Waals surface area contributed by atoms with E-state index in [2.05, 4.69) is 10.3 Å². The van der Waals surface area contributed by atoms with Gasteiger partial charge in [0.05, 0.1) is 4.90 Å². The minimum Gasteiger partial charge on any atom is -0.355 e. The number of nitrogens with zero attached hydrogens (tertiary/aromatic N) is 2. The summed E-state index contributed by atoms with van der Waals surface area (Å²) in [5.41, 5.74) is 1.27. The molecule has 2 rings (SSSR count). The molecule has 1 aromatic carbocycles. The molecular formula is C15H17N3O3S. The normalized spacial score (nSPS) is 11.4. The number of aromatic nitrogens is 1. The summed E-state index contributed by atoms with van der Waals surface area (Å²) in [6, 6.07) is 9.38. The number of hydrogen-bond acceptors (Lipinski definition) is 4. The molecule has 22 heavy (non-hydrogen) atoms. The third kappa shape index (κ3) is 3.49. The first kappa shape index (κ1) is 16.1. The van der Waals surface area contributed by atoms with Gasteiger partial charge in [-0.3, -0.25) is 9.78 Å². The van der Waals surface area contributed by atoms with E-state index in [0.717, 1.165) is 5.56 Å². The van der Waals surface area contributed by atoms with E-state index in [9.17, 15) is 13.2 Å². The van der Waals surface area contributed by atoms with Gasteiger partial charge in [-0.1, -0.05) is 0 Å². The van der Waals surface area contributed by atoms with E-state index in [1.54, 1.807) is 24.5 Å². The van der Waals surface area contributed by atoms with Crippen LogP contribution in [-0.2, 0) is 16.6 Å². The fourth-order valence-corrected chi connectivity index (χ4v) is 3.09.